The van der Waals surface area contributed by atoms with Crippen LogP contribution >= 0.6 is 11.6 Å². The Balaban J connectivity index is 3.25. The number of ether oxygens (including phenoxy) is 1. The molecule has 0 fully saturated rings. The summed E-state index contributed by atoms with van der Waals surface area (Å²) in [6, 6.07) is 3.01. The topological polar surface area (TPSA) is 55.4 Å². The maximum Gasteiger partial charge on any atom is 0.221 e. The number of halogens is 1. The van der Waals surface area contributed by atoms with E-state index >= 15 is 0 Å². The smallest absolute Gasteiger partial charge is 0.221 e. The second-order valence-electron chi connectivity index (χ2n) is 3.27. The number of anilines is 1. The molecule has 1 aromatic carbocycles. The van der Waals surface area contributed by atoms with Gasteiger partial charge in [0.2, 0.25) is 5.91 Å². The van der Waals surface area contributed by atoms with Gasteiger partial charge in [-0.15, -0.1) is 0 Å². The lowest BCUT2D eigenvalue weighted by Crippen LogP contribution is -2.07. The predicted octanol–water partition coefficient (Wildman–Crippen LogP) is 2.51. The van der Waals surface area contributed by atoms with Gasteiger partial charge in [0.05, 0.1) is 23.4 Å². The fourth-order valence-corrected chi connectivity index (χ4v) is 1.49. The highest BCUT2D eigenvalue weighted by atomic mass is 35.5. The molecule has 5 heteroatoms. The minimum absolute atomic E-state index is 0.145. The fraction of sp³-hybridized carbons (Fsp3) is 0.273. The van der Waals surface area contributed by atoms with Gasteiger partial charge in [0.15, 0.2) is 5.78 Å². The summed E-state index contributed by atoms with van der Waals surface area (Å²) in [5.74, 6) is 0.00769. The van der Waals surface area contributed by atoms with Crippen molar-refractivity contribution in [3.8, 4) is 5.75 Å². The number of hydrogen-bond donors (Lipinski definition) is 1. The number of Topliss-reactive ketones (excluding diaryl/α,β-unsaturated/α-hetero) is 1. The molecular weight excluding hydrogens is 230 g/mol. The van der Waals surface area contributed by atoms with E-state index in [-0.39, 0.29) is 11.7 Å². The SMILES string of the molecule is COc1cc(NC(C)=O)c(Cl)cc1C(C)=O. The second-order valence-corrected chi connectivity index (χ2v) is 3.68. The molecule has 0 saturated heterocycles. The van der Waals surface area contributed by atoms with Crippen LogP contribution in [0.4, 0.5) is 5.69 Å². The highest BCUT2D eigenvalue weighted by molar-refractivity contribution is 6.34. The van der Waals surface area contributed by atoms with E-state index in [2.05, 4.69) is 5.32 Å². The molecule has 1 aromatic rings. The molecule has 0 unspecified atom stereocenters. The molecule has 0 aliphatic rings. The van der Waals surface area contributed by atoms with Gasteiger partial charge >= 0.3 is 0 Å². The first-order chi connectivity index (χ1) is 7.45. The highest BCUT2D eigenvalue weighted by Crippen LogP contribution is 2.31. The Morgan fingerprint density at radius 3 is 2.38 bits per heavy atom. The first-order valence-corrected chi connectivity index (χ1v) is 4.99. The van der Waals surface area contributed by atoms with Crippen LogP contribution in [0.15, 0.2) is 12.1 Å². The van der Waals surface area contributed by atoms with Crippen LogP contribution in [0.5, 0.6) is 5.75 Å². The molecule has 16 heavy (non-hydrogen) atoms. The Hall–Kier alpha value is -1.55. The monoisotopic (exact) mass is 241 g/mol. The zero-order chi connectivity index (χ0) is 12.3. The van der Waals surface area contributed by atoms with Crippen LogP contribution in [0, 0.1) is 0 Å². The lowest BCUT2D eigenvalue weighted by Gasteiger charge is -2.10. The lowest BCUT2D eigenvalue weighted by molar-refractivity contribution is -0.114. The number of methoxy groups -OCH3 is 1. The van der Waals surface area contributed by atoms with E-state index in [1.165, 1.54) is 33.1 Å². The molecule has 0 saturated carbocycles. The number of amides is 1. The Morgan fingerprint density at radius 2 is 1.94 bits per heavy atom. The summed E-state index contributed by atoms with van der Waals surface area (Å²) >= 11 is 5.92. The van der Waals surface area contributed by atoms with Gasteiger partial charge in [-0.25, -0.2) is 0 Å². The van der Waals surface area contributed by atoms with Gasteiger partial charge in [0.25, 0.3) is 0 Å². The molecule has 0 radical (unpaired) electrons. The molecule has 1 rings (SSSR count). The van der Waals surface area contributed by atoms with Gasteiger partial charge in [0.1, 0.15) is 5.75 Å². The molecular formula is C11H12ClNO3. The van der Waals surface area contributed by atoms with Crippen LogP contribution in [0.2, 0.25) is 5.02 Å². The minimum atomic E-state index is -0.237. The van der Waals surface area contributed by atoms with Crippen molar-refractivity contribution in [2.75, 3.05) is 12.4 Å². The molecule has 1 amide bonds. The summed E-state index contributed by atoms with van der Waals surface area (Å²) in [5, 5.41) is 2.86. The zero-order valence-corrected chi connectivity index (χ0v) is 10.0. The van der Waals surface area contributed by atoms with Gasteiger partial charge in [-0.2, -0.15) is 0 Å². The molecule has 0 aromatic heterocycles. The minimum Gasteiger partial charge on any atom is -0.496 e. The van der Waals surface area contributed by atoms with Crippen molar-refractivity contribution in [2.24, 2.45) is 0 Å². The molecule has 0 bridgehead atoms. The number of hydrogen-bond acceptors (Lipinski definition) is 3. The molecule has 0 heterocycles. The second kappa shape index (κ2) is 4.99. The van der Waals surface area contributed by atoms with Crippen molar-refractivity contribution in [3.63, 3.8) is 0 Å². The van der Waals surface area contributed by atoms with Crippen LogP contribution in [0.25, 0.3) is 0 Å². The Bertz CT molecular complexity index is 443. The van der Waals surface area contributed by atoms with Gasteiger partial charge in [-0.3, -0.25) is 9.59 Å². The molecule has 0 atom stereocenters. The van der Waals surface area contributed by atoms with E-state index < -0.39 is 0 Å². The number of rotatable bonds is 3. The Kier molecular flexibility index (Phi) is 3.90. The van der Waals surface area contributed by atoms with Crippen molar-refractivity contribution in [2.45, 2.75) is 13.8 Å². The Labute approximate surface area is 98.5 Å². The summed E-state index contributed by atoms with van der Waals surface area (Å²) in [6.07, 6.45) is 0. The van der Waals surface area contributed by atoms with E-state index in [0.717, 1.165) is 0 Å². The van der Waals surface area contributed by atoms with Crippen LogP contribution < -0.4 is 10.1 Å². The van der Waals surface area contributed by atoms with Gasteiger partial charge in [0, 0.05) is 13.0 Å². The normalized spacial score (nSPS) is 9.75. The molecule has 1 N–H and O–H groups in total. The zero-order valence-electron chi connectivity index (χ0n) is 9.26. The summed E-state index contributed by atoms with van der Waals surface area (Å²) in [7, 11) is 1.45. The fourth-order valence-electron chi connectivity index (χ4n) is 1.28. The first-order valence-electron chi connectivity index (χ1n) is 4.61. The van der Waals surface area contributed by atoms with Crippen molar-refractivity contribution in [1.82, 2.24) is 0 Å². The average Bonchev–Trinajstić information content (AvgIpc) is 2.19. The van der Waals surface area contributed by atoms with Crippen LogP contribution in [0.1, 0.15) is 24.2 Å². The van der Waals surface area contributed by atoms with Crippen molar-refractivity contribution < 1.29 is 14.3 Å². The van der Waals surface area contributed by atoms with E-state index in [1.807, 2.05) is 0 Å². The molecule has 0 aliphatic carbocycles. The van der Waals surface area contributed by atoms with Crippen molar-refractivity contribution in [3.05, 3.63) is 22.7 Å². The number of carbonyl (C=O) groups excluding carboxylic acids is 2. The van der Waals surface area contributed by atoms with E-state index in [4.69, 9.17) is 16.3 Å². The van der Waals surface area contributed by atoms with Gasteiger partial charge < -0.3 is 10.1 Å². The summed E-state index contributed by atoms with van der Waals surface area (Å²) in [5.41, 5.74) is 0.817. The molecule has 4 nitrogen and oxygen atoms in total. The average molecular weight is 242 g/mol. The predicted molar refractivity (Wildman–Crippen MR) is 62.3 cm³/mol. The van der Waals surface area contributed by atoms with Crippen LogP contribution in [-0.2, 0) is 4.79 Å². The van der Waals surface area contributed by atoms with E-state index in [1.54, 1.807) is 0 Å². The standard InChI is InChI=1S/C11H12ClNO3/c1-6(14)8-4-9(12)10(13-7(2)15)5-11(8)16-3/h4-5H,1-3H3,(H,13,15). The summed E-state index contributed by atoms with van der Waals surface area (Å²) < 4.78 is 5.05. The van der Waals surface area contributed by atoms with E-state index in [0.29, 0.717) is 22.0 Å². The third-order valence-corrected chi connectivity index (χ3v) is 2.29. The van der Waals surface area contributed by atoms with Crippen LogP contribution in [0.3, 0.4) is 0 Å². The third-order valence-electron chi connectivity index (χ3n) is 1.98. The largest absolute Gasteiger partial charge is 0.496 e. The first kappa shape index (κ1) is 12.5. The quantitative estimate of drug-likeness (QED) is 0.828. The van der Waals surface area contributed by atoms with Crippen molar-refractivity contribution in [1.29, 1.82) is 0 Å². The van der Waals surface area contributed by atoms with Crippen molar-refractivity contribution >= 4 is 29.0 Å². The molecule has 0 aliphatic heterocycles. The maximum atomic E-state index is 11.3. The third kappa shape index (κ3) is 2.73. The van der Waals surface area contributed by atoms with Gasteiger partial charge in [-0.05, 0) is 13.0 Å². The van der Waals surface area contributed by atoms with Crippen LogP contribution in [-0.4, -0.2) is 18.8 Å². The Morgan fingerprint density at radius 1 is 1.31 bits per heavy atom. The van der Waals surface area contributed by atoms with Gasteiger partial charge in [-0.1, -0.05) is 11.6 Å². The molecule has 0 spiro atoms. The number of nitrogens with one attached hydrogen (secondary N) is 1. The number of carbonyl (C=O) groups is 2. The molecule has 86 valence electrons. The lowest BCUT2D eigenvalue weighted by atomic mass is 10.1. The van der Waals surface area contributed by atoms with E-state index in [9.17, 15) is 9.59 Å². The summed E-state index contributed by atoms with van der Waals surface area (Å²) in [6.45, 7) is 2.80. The number of benzene rings is 1. The summed E-state index contributed by atoms with van der Waals surface area (Å²) in [4.78, 5) is 22.2. The number of ketones is 1. The maximum absolute atomic E-state index is 11.3. The highest BCUT2D eigenvalue weighted by Gasteiger charge is 2.13.